The SMILES string of the molecule is CC1CCN(C(=O)Cc2csc(NC(=O)c3cnccn3)n2)CC1. The van der Waals surface area contributed by atoms with Gasteiger partial charge in [0.1, 0.15) is 5.69 Å². The number of anilines is 1. The smallest absolute Gasteiger partial charge is 0.277 e. The van der Waals surface area contributed by atoms with Crippen LogP contribution in [0.2, 0.25) is 0 Å². The number of thiazole rings is 1. The quantitative estimate of drug-likeness (QED) is 0.915. The summed E-state index contributed by atoms with van der Waals surface area (Å²) in [6.45, 7) is 3.86. The van der Waals surface area contributed by atoms with E-state index in [4.69, 9.17) is 0 Å². The highest BCUT2D eigenvalue weighted by atomic mass is 32.1. The maximum absolute atomic E-state index is 12.3. The molecule has 3 heterocycles. The van der Waals surface area contributed by atoms with E-state index < -0.39 is 0 Å². The molecule has 2 aromatic heterocycles. The Morgan fingerprint density at radius 1 is 1.33 bits per heavy atom. The van der Waals surface area contributed by atoms with Crippen LogP contribution < -0.4 is 5.32 Å². The highest BCUT2D eigenvalue weighted by Gasteiger charge is 2.21. The van der Waals surface area contributed by atoms with Crippen LogP contribution in [-0.4, -0.2) is 44.8 Å². The fraction of sp³-hybridized carbons (Fsp3) is 0.438. The highest BCUT2D eigenvalue weighted by Crippen LogP contribution is 2.19. The maximum Gasteiger partial charge on any atom is 0.277 e. The van der Waals surface area contributed by atoms with E-state index in [-0.39, 0.29) is 23.9 Å². The van der Waals surface area contributed by atoms with Crippen LogP contribution in [0.1, 0.15) is 35.9 Å². The number of hydrogen-bond acceptors (Lipinski definition) is 6. The summed E-state index contributed by atoms with van der Waals surface area (Å²) in [6, 6.07) is 0. The number of carbonyl (C=O) groups excluding carboxylic acids is 2. The van der Waals surface area contributed by atoms with E-state index in [1.54, 1.807) is 5.38 Å². The van der Waals surface area contributed by atoms with Gasteiger partial charge in [-0.05, 0) is 18.8 Å². The third-order valence-corrected chi connectivity index (χ3v) is 4.84. The molecule has 0 atom stereocenters. The first-order valence-corrected chi connectivity index (χ1v) is 8.79. The molecule has 0 spiro atoms. The average molecular weight is 345 g/mol. The zero-order valence-electron chi connectivity index (χ0n) is 13.4. The van der Waals surface area contributed by atoms with Crippen LogP contribution in [0.5, 0.6) is 0 Å². The van der Waals surface area contributed by atoms with Crippen LogP contribution in [0.3, 0.4) is 0 Å². The Morgan fingerprint density at radius 3 is 2.83 bits per heavy atom. The van der Waals surface area contributed by atoms with Gasteiger partial charge in [0, 0.05) is 30.9 Å². The maximum atomic E-state index is 12.3. The topological polar surface area (TPSA) is 88.1 Å². The summed E-state index contributed by atoms with van der Waals surface area (Å²) in [5.74, 6) is 0.426. The number of aromatic nitrogens is 3. The van der Waals surface area contributed by atoms with Crippen molar-refractivity contribution in [2.24, 2.45) is 5.92 Å². The predicted octanol–water partition coefficient (Wildman–Crippen LogP) is 1.99. The lowest BCUT2D eigenvalue weighted by atomic mass is 9.99. The first-order valence-electron chi connectivity index (χ1n) is 7.91. The van der Waals surface area contributed by atoms with Crippen molar-refractivity contribution in [2.45, 2.75) is 26.2 Å². The summed E-state index contributed by atoms with van der Waals surface area (Å²) >= 11 is 1.30. The van der Waals surface area contributed by atoms with Gasteiger partial charge in [-0.3, -0.25) is 19.9 Å². The molecule has 2 amide bonds. The lowest BCUT2D eigenvalue weighted by Gasteiger charge is -2.30. The number of carbonyl (C=O) groups is 2. The van der Waals surface area contributed by atoms with Crippen LogP contribution in [0.25, 0.3) is 0 Å². The number of likely N-dealkylation sites (tertiary alicyclic amines) is 1. The Hall–Kier alpha value is -2.35. The Balaban J connectivity index is 1.55. The zero-order chi connectivity index (χ0) is 16.9. The Bertz CT molecular complexity index is 710. The van der Waals surface area contributed by atoms with Gasteiger partial charge >= 0.3 is 0 Å². The monoisotopic (exact) mass is 345 g/mol. The van der Waals surface area contributed by atoms with Crippen LogP contribution in [0.15, 0.2) is 24.0 Å². The van der Waals surface area contributed by atoms with E-state index in [1.807, 2.05) is 4.90 Å². The summed E-state index contributed by atoms with van der Waals surface area (Å²) in [6.07, 6.45) is 6.74. The molecule has 126 valence electrons. The minimum Gasteiger partial charge on any atom is -0.342 e. The minimum atomic E-state index is -0.361. The summed E-state index contributed by atoms with van der Waals surface area (Å²) in [5.41, 5.74) is 0.908. The molecular formula is C16H19N5O2S. The predicted molar refractivity (Wildman–Crippen MR) is 90.8 cm³/mol. The summed E-state index contributed by atoms with van der Waals surface area (Å²) < 4.78 is 0. The largest absolute Gasteiger partial charge is 0.342 e. The lowest BCUT2D eigenvalue weighted by molar-refractivity contribution is -0.131. The molecule has 7 nitrogen and oxygen atoms in total. The standard InChI is InChI=1S/C16H19N5O2S/c1-11-2-6-21(7-3-11)14(22)8-12-10-24-16(19-12)20-15(23)13-9-17-4-5-18-13/h4-5,9-11H,2-3,6-8H2,1H3,(H,19,20,23). The number of rotatable bonds is 4. The van der Waals surface area contributed by atoms with Gasteiger partial charge in [-0.15, -0.1) is 11.3 Å². The molecule has 3 rings (SSSR count). The number of nitrogens with zero attached hydrogens (tertiary/aromatic N) is 4. The van der Waals surface area contributed by atoms with E-state index in [1.165, 1.54) is 29.9 Å². The molecule has 1 saturated heterocycles. The second kappa shape index (κ2) is 7.48. The van der Waals surface area contributed by atoms with E-state index in [9.17, 15) is 9.59 Å². The Morgan fingerprint density at radius 2 is 2.12 bits per heavy atom. The van der Waals surface area contributed by atoms with E-state index >= 15 is 0 Å². The second-order valence-corrected chi connectivity index (χ2v) is 6.79. The molecule has 1 aliphatic rings. The van der Waals surface area contributed by atoms with Crippen molar-refractivity contribution in [1.82, 2.24) is 19.9 Å². The third kappa shape index (κ3) is 4.14. The normalized spacial score (nSPS) is 15.3. The summed E-state index contributed by atoms with van der Waals surface area (Å²) in [4.78, 5) is 38.3. The van der Waals surface area contributed by atoms with Crippen molar-refractivity contribution in [2.75, 3.05) is 18.4 Å². The van der Waals surface area contributed by atoms with Crippen molar-refractivity contribution < 1.29 is 9.59 Å². The van der Waals surface area contributed by atoms with Crippen LogP contribution >= 0.6 is 11.3 Å². The van der Waals surface area contributed by atoms with Crippen molar-refractivity contribution >= 4 is 28.3 Å². The van der Waals surface area contributed by atoms with Crippen molar-refractivity contribution in [3.8, 4) is 0 Å². The van der Waals surface area contributed by atoms with Gasteiger partial charge in [0.25, 0.3) is 5.91 Å². The zero-order valence-corrected chi connectivity index (χ0v) is 14.3. The van der Waals surface area contributed by atoms with Gasteiger partial charge in [0.15, 0.2) is 5.13 Å². The molecule has 1 N–H and O–H groups in total. The molecule has 0 bridgehead atoms. The third-order valence-electron chi connectivity index (χ3n) is 4.04. The fourth-order valence-corrected chi connectivity index (χ4v) is 3.25. The van der Waals surface area contributed by atoms with E-state index in [0.717, 1.165) is 25.9 Å². The average Bonchev–Trinajstić information content (AvgIpc) is 3.03. The minimum absolute atomic E-state index is 0.0963. The first-order chi connectivity index (χ1) is 11.6. The molecule has 0 saturated carbocycles. The Labute approximate surface area is 144 Å². The van der Waals surface area contributed by atoms with Crippen molar-refractivity contribution in [3.05, 3.63) is 35.4 Å². The van der Waals surface area contributed by atoms with E-state index in [2.05, 4.69) is 27.2 Å². The summed E-state index contributed by atoms with van der Waals surface area (Å²) in [7, 11) is 0. The van der Waals surface area contributed by atoms with Crippen LogP contribution in [-0.2, 0) is 11.2 Å². The molecule has 0 radical (unpaired) electrons. The van der Waals surface area contributed by atoms with Gasteiger partial charge < -0.3 is 4.90 Å². The number of amides is 2. The molecule has 2 aromatic rings. The van der Waals surface area contributed by atoms with Gasteiger partial charge in [-0.2, -0.15) is 0 Å². The van der Waals surface area contributed by atoms with Crippen molar-refractivity contribution in [3.63, 3.8) is 0 Å². The number of piperidine rings is 1. The molecule has 0 aromatic carbocycles. The summed E-state index contributed by atoms with van der Waals surface area (Å²) in [5, 5.41) is 4.94. The molecular weight excluding hydrogens is 326 g/mol. The van der Waals surface area contributed by atoms with Gasteiger partial charge in [0.2, 0.25) is 5.91 Å². The van der Waals surface area contributed by atoms with Gasteiger partial charge in [-0.1, -0.05) is 6.92 Å². The van der Waals surface area contributed by atoms with Gasteiger partial charge in [0.05, 0.1) is 18.3 Å². The Kier molecular flexibility index (Phi) is 5.14. The fourth-order valence-electron chi connectivity index (χ4n) is 2.55. The molecule has 0 aliphatic carbocycles. The van der Waals surface area contributed by atoms with E-state index in [0.29, 0.717) is 16.7 Å². The number of nitrogens with one attached hydrogen (secondary N) is 1. The molecule has 1 aliphatic heterocycles. The highest BCUT2D eigenvalue weighted by molar-refractivity contribution is 7.14. The molecule has 24 heavy (non-hydrogen) atoms. The molecule has 0 unspecified atom stereocenters. The lowest BCUT2D eigenvalue weighted by Crippen LogP contribution is -2.38. The first kappa shape index (κ1) is 16.5. The van der Waals surface area contributed by atoms with Gasteiger partial charge in [-0.25, -0.2) is 9.97 Å². The van der Waals surface area contributed by atoms with Crippen LogP contribution in [0.4, 0.5) is 5.13 Å². The molecule has 8 heteroatoms. The number of hydrogen-bond donors (Lipinski definition) is 1. The molecule has 1 fully saturated rings. The van der Waals surface area contributed by atoms with Crippen LogP contribution in [0, 0.1) is 5.92 Å². The second-order valence-electron chi connectivity index (χ2n) is 5.93. The van der Waals surface area contributed by atoms with Crippen molar-refractivity contribution in [1.29, 1.82) is 0 Å².